The first-order valence-electron chi connectivity index (χ1n) is 10.7. The van der Waals surface area contributed by atoms with Gasteiger partial charge in [0.05, 0.1) is 18.7 Å². The van der Waals surface area contributed by atoms with Crippen molar-refractivity contribution in [3.8, 4) is 0 Å². The smallest absolute Gasteiger partial charge is 0.323 e. The highest BCUT2D eigenvalue weighted by Gasteiger charge is 2.32. The molecular formula is C22H31FN4O2. The van der Waals surface area contributed by atoms with Gasteiger partial charge in [-0.1, -0.05) is 25.8 Å². The molecule has 1 aromatic heterocycles. The third-order valence-corrected chi connectivity index (χ3v) is 6.79. The number of aromatic amines is 1. The van der Waals surface area contributed by atoms with E-state index in [2.05, 4.69) is 16.9 Å². The van der Waals surface area contributed by atoms with Crippen LogP contribution in [0.2, 0.25) is 0 Å². The number of methoxy groups -OCH3 is 1. The van der Waals surface area contributed by atoms with Gasteiger partial charge >= 0.3 is 5.97 Å². The molecule has 4 rings (SSSR count). The number of imidazole rings is 1. The van der Waals surface area contributed by atoms with Crippen LogP contribution >= 0.6 is 0 Å². The maximum atomic E-state index is 15.2. The van der Waals surface area contributed by atoms with Crippen LogP contribution in [0.15, 0.2) is 12.1 Å². The summed E-state index contributed by atoms with van der Waals surface area (Å²) in [6, 6.07) is 3.15. The van der Waals surface area contributed by atoms with Crippen LogP contribution < -0.4 is 5.73 Å². The summed E-state index contributed by atoms with van der Waals surface area (Å²) in [6.45, 7) is 3.41. The summed E-state index contributed by atoms with van der Waals surface area (Å²) in [5, 5.41) is 0. The van der Waals surface area contributed by atoms with Crippen LogP contribution in [0.5, 0.6) is 0 Å². The number of rotatable bonds is 5. The van der Waals surface area contributed by atoms with Gasteiger partial charge in [-0.2, -0.15) is 0 Å². The van der Waals surface area contributed by atoms with Crippen molar-refractivity contribution >= 4 is 17.0 Å². The van der Waals surface area contributed by atoms with E-state index >= 15 is 4.39 Å². The molecule has 1 unspecified atom stereocenters. The molecular weight excluding hydrogens is 371 g/mol. The van der Waals surface area contributed by atoms with Crippen molar-refractivity contribution in [1.29, 1.82) is 0 Å². The number of H-pyrrole nitrogens is 1. The number of fused-ring (bicyclic) bond motifs is 1. The summed E-state index contributed by atoms with van der Waals surface area (Å²) < 4.78 is 20.1. The lowest BCUT2D eigenvalue weighted by atomic mass is 9.79. The fourth-order valence-corrected chi connectivity index (χ4v) is 4.89. The van der Waals surface area contributed by atoms with E-state index in [1.807, 2.05) is 11.0 Å². The second kappa shape index (κ2) is 8.40. The van der Waals surface area contributed by atoms with Gasteiger partial charge in [0, 0.05) is 12.1 Å². The molecule has 3 N–H and O–H groups in total. The van der Waals surface area contributed by atoms with E-state index in [1.165, 1.54) is 20.0 Å². The van der Waals surface area contributed by atoms with Crippen molar-refractivity contribution in [3.63, 3.8) is 0 Å². The lowest BCUT2D eigenvalue weighted by molar-refractivity contribution is -0.146. The van der Waals surface area contributed by atoms with E-state index in [0.29, 0.717) is 34.9 Å². The van der Waals surface area contributed by atoms with Crippen LogP contribution in [0.1, 0.15) is 62.9 Å². The van der Waals surface area contributed by atoms with Gasteiger partial charge < -0.3 is 15.5 Å². The molecule has 2 atom stereocenters. The minimum atomic E-state index is -0.329. The van der Waals surface area contributed by atoms with Crippen LogP contribution in [-0.4, -0.2) is 40.5 Å². The number of carbonyl (C=O) groups is 1. The van der Waals surface area contributed by atoms with Crippen LogP contribution in [0, 0.1) is 17.7 Å². The number of hydrogen-bond donors (Lipinski definition) is 2. The number of nitrogens with one attached hydrogen (secondary N) is 1. The summed E-state index contributed by atoms with van der Waals surface area (Å²) >= 11 is 0. The molecule has 0 spiro atoms. The minimum absolute atomic E-state index is 0.194. The molecule has 2 fully saturated rings. The highest BCUT2D eigenvalue weighted by Crippen LogP contribution is 2.35. The number of hydrogen-bond acceptors (Lipinski definition) is 5. The van der Waals surface area contributed by atoms with E-state index < -0.39 is 0 Å². The average Bonchev–Trinajstić information content (AvgIpc) is 3.37. The quantitative estimate of drug-likeness (QED) is 0.746. The molecule has 29 heavy (non-hydrogen) atoms. The van der Waals surface area contributed by atoms with Crippen molar-refractivity contribution in [2.45, 2.75) is 64.1 Å². The van der Waals surface area contributed by atoms with Crippen molar-refractivity contribution < 1.29 is 13.9 Å². The van der Waals surface area contributed by atoms with Gasteiger partial charge in [0.25, 0.3) is 0 Å². The second-order valence-electron chi connectivity index (χ2n) is 8.75. The Kier molecular flexibility index (Phi) is 5.88. The molecule has 6 nitrogen and oxygen atoms in total. The maximum Gasteiger partial charge on any atom is 0.323 e. The number of esters is 1. The number of ether oxygens (including phenoxy) is 1. The maximum absolute atomic E-state index is 15.2. The van der Waals surface area contributed by atoms with Crippen molar-refractivity contribution in [2.75, 3.05) is 13.7 Å². The number of halogens is 1. The van der Waals surface area contributed by atoms with Gasteiger partial charge in [-0.15, -0.1) is 0 Å². The first kappa shape index (κ1) is 20.3. The molecule has 158 valence electrons. The third kappa shape index (κ3) is 4.03. The van der Waals surface area contributed by atoms with Crippen molar-refractivity contribution in [1.82, 2.24) is 14.9 Å². The zero-order valence-corrected chi connectivity index (χ0v) is 17.3. The molecule has 1 aliphatic heterocycles. The monoisotopic (exact) mass is 402 g/mol. The number of aromatic nitrogens is 2. The lowest BCUT2D eigenvalue weighted by Gasteiger charge is -2.29. The van der Waals surface area contributed by atoms with Crippen molar-refractivity contribution in [2.24, 2.45) is 17.6 Å². The van der Waals surface area contributed by atoms with Crippen LogP contribution in [0.3, 0.4) is 0 Å². The Morgan fingerprint density at radius 2 is 2.10 bits per heavy atom. The number of nitrogens with two attached hydrogens (primary N) is 1. The number of carbonyl (C=O) groups excluding carboxylic acids is 1. The minimum Gasteiger partial charge on any atom is -0.468 e. The summed E-state index contributed by atoms with van der Waals surface area (Å²) in [4.78, 5) is 21.7. The fourth-order valence-electron chi connectivity index (χ4n) is 4.89. The van der Waals surface area contributed by atoms with Crippen LogP contribution in [-0.2, 0) is 16.1 Å². The zero-order chi connectivity index (χ0) is 20.5. The molecule has 1 saturated carbocycles. The first-order chi connectivity index (χ1) is 14.0. The SMILES string of the molecule is COC(=O)[C@@H]1CCCN1Cc1ccc2[nH]c(C(N)C3CCC(C)CC3)nc2c1F. The molecule has 0 radical (unpaired) electrons. The molecule has 0 amide bonds. The molecule has 1 aromatic carbocycles. The van der Waals surface area contributed by atoms with E-state index in [-0.39, 0.29) is 23.9 Å². The van der Waals surface area contributed by atoms with Crippen molar-refractivity contribution in [3.05, 3.63) is 29.3 Å². The zero-order valence-electron chi connectivity index (χ0n) is 17.3. The fraction of sp³-hybridized carbons (Fsp3) is 0.636. The topological polar surface area (TPSA) is 84.2 Å². The summed E-state index contributed by atoms with van der Waals surface area (Å²) in [6.07, 6.45) is 6.22. The predicted molar refractivity (Wildman–Crippen MR) is 110 cm³/mol. The van der Waals surface area contributed by atoms with E-state index in [1.54, 1.807) is 6.07 Å². The lowest BCUT2D eigenvalue weighted by Crippen LogP contribution is -2.36. The Bertz CT molecular complexity index is 875. The van der Waals surface area contributed by atoms with Gasteiger partial charge in [-0.05, 0) is 50.1 Å². The summed E-state index contributed by atoms with van der Waals surface area (Å²) in [5.74, 6) is 1.24. The van der Waals surface area contributed by atoms with E-state index in [4.69, 9.17) is 10.5 Å². The highest BCUT2D eigenvalue weighted by atomic mass is 19.1. The van der Waals surface area contributed by atoms with E-state index in [9.17, 15) is 4.79 Å². The molecule has 1 aliphatic carbocycles. The predicted octanol–water partition coefficient (Wildman–Crippen LogP) is 3.67. The van der Waals surface area contributed by atoms with Gasteiger partial charge in [-0.25, -0.2) is 9.37 Å². The first-order valence-corrected chi connectivity index (χ1v) is 10.7. The number of benzene rings is 1. The van der Waals surface area contributed by atoms with Gasteiger partial charge in [0.2, 0.25) is 0 Å². The molecule has 1 saturated heterocycles. The van der Waals surface area contributed by atoms with Gasteiger partial charge in [-0.3, -0.25) is 9.69 Å². The Morgan fingerprint density at radius 1 is 1.34 bits per heavy atom. The molecule has 7 heteroatoms. The molecule has 2 aromatic rings. The molecule has 0 bridgehead atoms. The Labute approximate surface area is 171 Å². The molecule has 2 aliphatic rings. The highest BCUT2D eigenvalue weighted by molar-refractivity contribution is 5.77. The van der Waals surface area contributed by atoms with Gasteiger partial charge in [0.15, 0.2) is 5.82 Å². The van der Waals surface area contributed by atoms with E-state index in [0.717, 1.165) is 38.1 Å². The normalized spacial score (nSPS) is 26.7. The average molecular weight is 403 g/mol. The largest absolute Gasteiger partial charge is 0.468 e. The van der Waals surface area contributed by atoms with Crippen LogP contribution in [0.25, 0.3) is 11.0 Å². The Hall–Kier alpha value is -1.99. The third-order valence-electron chi connectivity index (χ3n) is 6.79. The summed E-state index contributed by atoms with van der Waals surface area (Å²) in [7, 11) is 1.40. The Morgan fingerprint density at radius 3 is 2.83 bits per heavy atom. The summed E-state index contributed by atoms with van der Waals surface area (Å²) in [5.41, 5.74) is 8.05. The van der Waals surface area contributed by atoms with Gasteiger partial charge in [0.1, 0.15) is 17.4 Å². The van der Waals surface area contributed by atoms with Crippen LogP contribution in [0.4, 0.5) is 4.39 Å². The second-order valence-corrected chi connectivity index (χ2v) is 8.75. The number of nitrogens with zero attached hydrogens (tertiary/aromatic N) is 2. The molecule has 2 heterocycles. The standard InChI is InChI=1S/C22H31FN4O2/c1-13-5-7-14(8-6-13)19(24)21-25-16-10-9-15(18(23)20(16)26-21)12-27-11-3-4-17(27)22(28)29-2/h9-10,13-14,17,19H,3-8,11-12,24H2,1-2H3,(H,25,26)/t13?,14?,17-,19?/m0/s1. The number of likely N-dealkylation sites (tertiary alicyclic amines) is 1. The Balaban J connectivity index is 1.54.